The molecule has 1 aromatic heterocycles. The van der Waals surface area contributed by atoms with Gasteiger partial charge in [0.05, 0.1) is 12.7 Å². The topological polar surface area (TPSA) is 83.7 Å². The fraction of sp³-hybridized carbons (Fsp3) is 0.150. The van der Waals surface area contributed by atoms with Crippen LogP contribution in [0.15, 0.2) is 59.6 Å². The first-order valence-corrected chi connectivity index (χ1v) is 8.66. The van der Waals surface area contributed by atoms with Crippen molar-refractivity contribution in [1.29, 1.82) is 0 Å². The Balaban J connectivity index is 1.64. The van der Waals surface area contributed by atoms with Crippen LogP contribution in [-0.4, -0.2) is 29.8 Å². The predicted octanol–water partition coefficient (Wildman–Crippen LogP) is 4.32. The second-order valence-corrected chi connectivity index (χ2v) is 6.00. The van der Waals surface area contributed by atoms with Crippen LogP contribution in [0.4, 0.5) is 0 Å². The lowest BCUT2D eigenvalue weighted by Crippen LogP contribution is -2.06. The summed E-state index contributed by atoms with van der Waals surface area (Å²) in [6.45, 7) is 3.76. The van der Waals surface area contributed by atoms with Crippen molar-refractivity contribution in [2.75, 3.05) is 13.7 Å². The van der Waals surface area contributed by atoms with E-state index in [4.69, 9.17) is 30.3 Å². The molecule has 8 heteroatoms. The first-order chi connectivity index (χ1) is 13.6. The summed E-state index contributed by atoms with van der Waals surface area (Å²) in [4.78, 5) is 16.5. The number of methoxy groups -OCH3 is 1. The number of hydrogen-bond donors (Lipinski definition) is 0. The molecule has 0 amide bonds. The number of nitrogens with zero attached hydrogens (tertiary/aromatic N) is 2. The molecule has 3 aromatic rings. The normalized spacial score (nSPS) is 10.4. The molecule has 0 N–H and O–H groups in total. The molecule has 0 spiro atoms. The van der Waals surface area contributed by atoms with Crippen LogP contribution in [0, 0.1) is 0 Å². The summed E-state index contributed by atoms with van der Waals surface area (Å²) in [5.74, 6) is 0.923. The molecule has 0 unspecified atom stereocenters. The summed E-state index contributed by atoms with van der Waals surface area (Å²) < 4.78 is 21.0. The number of carbonyl (C=O) groups is 1. The molecule has 0 radical (unpaired) electrons. The minimum Gasteiger partial charge on any atom is -0.493 e. The monoisotopic (exact) mass is 400 g/mol. The number of esters is 1. The van der Waals surface area contributed by atoms with Gasteiger partial charge in [0.15, 0.2) is 18.1 Å². The van der Waals surface area contributed by atoms with Crippen molar-refractivity contribution in [2.45, 2.75) is 6.61 Å². The standard InChI is InChI=1S/C20H17ClN2O5/c1-3-10-26-16-9-6-14(11-17(16)25-2)20(24)27-12-18-22-19(23-28-18)13-4-7-15(21)8-5-13/h3-9,11H,1,10,12H2,2H3. The van der Waals surface area contributed by atoms with Gasteiger partial charge < -0.3 is 18.7 Å². The Morgan fingerprint density at radius 1 is 1.21 bits per heavy atom. The van der Waals surface area contributed by atoms with Crippen LogP contribution in [0.1, 0.15) is 16.2 Å². The summed E-state index contributed by atoms with van der Waals surface area (Å²) >= 11 is 5.86. The lowest BCUT2D eigenvalue weighted by Gasteiger charge is -2.10. The summed E-state index contributed by atoms with van der Waals surface area (Å²) in [5, 5.41) is 4.48. The van der Waals surface area contributed by atoms with Crippen molar-refractivity contribution in [1.82, 2.24) is 10.1 Å². The molecule has 3 rings (SSSR count). The third-order valence-electron chi connectivity index (χ3n) is 3.65. The molecule has 0 fully saturated rings. The van der Waals surface area contributed by atoms with Crippen LogP contribution >= 0.6 is 11.6 Å². The maximum atomic E-state index is 12.3. The van der Waals surface area contributed by atoms with Gasteiger partial charge >= 0.3 is 5.97 Å². The molecule has 28 heavy (non-hydrogen) atoms. The van der Waals surface area contributed by atoms with Crippen LogP contribution in [0.5, 0.6) is 11.5 Å². The van der Waals surface area contributed by atoms with Crippen LogP contribution in [0.3, 0.4) is 0 Å². The van der Waals surface area contributed by atoms with E-state index in [-0.39, 0.29) is 12.5 Å². The van der Waals surface area contributed by atoms with Crippen LogP contribution < -0.4 is 9.47 Å². The molecule has 144 valence electrons. The Hall–Kier alpha value is -3.32. The average molecular weight is 401 g/mol. The molecule has 0 aliphatic heterocycles. The lowest BCUT2D eigenvalue weighted by molar-refractivity contribution is 0.0429. The maximum absolute atomic E-state index is 12.3. The molecule has 1 heterocycles. The molecule has 0 atom stereocenters. The highest BCUT2D eigenvalue weighted by molar-refractivity contribution is 6.30. The van der Waals surface area contributed by atoms with Gasteiger partial charge in [-0.2, -0.15) is 4.98 Å². The van der Waals surface area contributed by atoms with E-state index in [1.165, 1.54) is 13.2 Å². The van der Waals surface area contributed by atoms with Gasteiger partial charge in [0.1, 0.15) is 6.61 Å². The molecule has 0 saturated heterocycles. The van der Waals surface area contributed by atoms with Gasteiger partial charge in [-0.25, -0.2) is 4.79 Å². The first kappa shape index (κ1) is 19.4. The Morgan fingerprint density at radius 2 is 2.00 bits per heavy atom. The van der Waals surface area contributed by atoms with Crippen molar-refractivity contribution in [3.8, 4) is 22.9 Å². The summed E-state index contributed by atoms with van der Waals surface area (Å²) in [5.41, 5.74) is 1.05. The number of halogens is 1. The van der Waals surface area contributed by atoms with E-state index in [2.05, 4.69) is 16.7 Å². The van der Waals surface area contributed by atoms with Gasteiger partial charge in [0.25, 0.3) is 5.89 Å². The molecule has 0 aliphatic rings. The maximum Gasteiger partial charge on any atom is 0.338 e. The smallest absolute Gasteiger partial charge is 0.338 e. The summed E-state index contributed by atoms with van der Waals surface area (Å²) in [6, 6.07) is 11.7. The fourth-order valence-corrected chi connectivity index (χ4v) is 2.43. The van der Waals surface area contributed by atoms with E-state index in [1.54, 1.807) is 42.5 Å². The van der Waals surface area contributed by atoms with Crippen molar-refractivity contribution in [3.05, 3.63) is 71.6 Å². The van der Waals surface area contributed by atoms with Crippen molar-refractivity contribution in [2.24, 2.45) is 0 Å². The van der Waals surface area contributed by atoms with E-state index >= 15 is 0 Å². The van der Waals surface area contributed by atoms with Crippen molar-refractivity contribution in [3.63, 3.8) is 0 Å². The zero-order valence-corrected chi connectivity index (χ0v) is 15.8. The van der Waals surface area contributed by atoms with Gasteiger partial charge in [-0.3, -0.25) is 0 Å². The highest BCUT2D eigenvalue weighted by atomic mass is 35.5. The third-order valence-corrected chi connectivity index (χ3v) is 3.91. The second kappa shape index (κ2) is 9.05. The molecule has 0 bridgehead atoms. The van der Waals surface area contributed by atoms with Crippen molar-refractivity contribution < 1.29 is 23.5 Å². The van der Waals surface area contributed by atoms with Gasteiger partial charge in [-0.05, 0) is 42.5 Å². The molecule has 0 aliphatic carbocycles. The van der Waals surface area contributed by atoms with Gasteiger partial charge in [-0.1, -0.05) is 29.4 Å². The fourth-order valence-electron chi connectivity index (χ4n) is 2.30. The van der Waals surface area contributed by atoms with Gasteiger partial charge in [0, 0.05) is 10.6 Å². The minimum absolute atomic E-state index is 0.156. The van der Waals surface area contributed by atoms with Gasteiger partial charge in [-0.15, -0.1) is 0 Å². The summed E-state index contributed by atoms with van der Waals surface area (Å²) in [7, 11) is 1.49. The van der Waals surface area contributed by atoms with E-state index < -0.39 is 5.97 Å². The number of rotatable bonds is 8. The third kappa shape index (κ3) is 4.69. The predicted molar refractivity (Wildman–Crippen MR) is 103 cm³/mol. The number of ether oxygens (including phenoxy) is 3. The molecular weight excluding hydrogens is 384 g/mol. The lowest BCUT2D eigenvalue weighted by atomic mass is 10.2. The number of hydrogen-bond acceptors (Lipinski definition) is 7. The second-order valence-electron chi connectivity index (χ2n) is 5.56. The van der Waals surface area contributed by atoms with E-state index in [0.29, 0.717) is 34.5 Å². The quantitative estimate of drug-likeness (QED) is 0.411. The number of benzene rings is 2. The highest BCUT2D eigenvalue weighted by Crippen LogP contribution is 2.28. The van der Waals surface area contributed by atoms with E-state index in [9.17, 15) is 4.79 Å². The Labute approximate surface area is 166 Å². The Morgan fingerprint density at radius 3 is 2.71 bits per heavy atom. The van der Waals surface area contributed by atoms with Crippen LogP contribution in [-0.2, 0) is 11.3 Å². The van der Waals surface area contributed by atoms with E-state index in [1.807, 2.05) is 0 Å². The Bertz CT molecular complexity index is 969. The summed E-state index contributed by atoms with van der Waals surface area (Å²) in [6.07, 6.45) is 1.62. The van der Waals surface area contributed by atoms with Crippen molar-refractivity contribution >= 4 is 17.6 Å². The molecule has 2 aromatic carbocycles. The average Bonchev–Trinajstić information content (AvgIpc) is 3.20. The van der Waals surface area contributed by atoms with E-state index in [0.717, 1.165) is 5.56 Å². The zero-order valence-electron chi connectivity index (χ0n) is 15.1. The highest BCUT2D eigenvalue weighted by Gasteiger charge is 2.15. The molecular formula is C20H17ClN2O5. The van der Waals surface area contributed by atoms with Crippen LogP contribution in [0.25, 0.3) is 11.4 Å². The minimum atomic E-state index is -0.556. The van der Waals surface area contributed by atoms with Crippen LogP contribution in [0.2, 0.25) is 5.02 Å². The SMILES string of the molecule is C=CCOc1ccc(C(=O)OCc2nc(-c3ccc(Cl)cc3)no2)cc1OC. The van der Waals surface area contributed by atoms with Gasteiger partial charge in [0.2, 0.25) is 5.82 Å². The molecule has 7 nitrogen and oxygen atoms in total. The largest absolute Gasteiger partial charge is 0.493 e. The number of aromatic nitrogens is 2. The molecule has 0 saturated carbocycles. The number of carbonyl (C=O) groups excluding carboxylic acids is 1. The first-order valence-electron chi connectivity index (χ1n) is 8.28. The zero-order chi connectivity index (χ0) is 19.9. The Kier molecular flexibility index (Phi) is 6.29.